The maximum absolute atomic E-state index is 10.8. The maximum Gasteiger partial charge on any atom is 0.306 e. The third-order valence-corrected chi connectivity index (χ3v) is 3.03. The molecular formula is C11H16N2O2. The zero-order chi connectivity index (χ0) is 10.7. The minimum atomic E-state index is -0.645. The molecular weight excluding hydrogens is 192 g/mol. The van der Waals surface area contributed by atoms with Gasteiger partial charge in [0.1, 0.15) is 5.82 Å². The molecule has 1 fully saturated rings. The molecule has 0 spiro atoms. The van der Waals surface area contributed by atoms with Crippen molar-refractivity contribution in [3.05, 3.63) is 18.3 Å². The molecule has 0 unspecified atom stereocenters. The van der Waals surface area contributed by atoms with Crippen LogP contribution in [0.1, 0.15) is 25.7 Å². The predicted octanol–water partition coefficient (Wildman–Crippen LogP) is 2.07. The topological polar surface area (TPSA) is 65.1 Å². The lowest BCUT2D eigenvalue weighted by Crippen LogP contribution is -2.29. The fourth-order valence-corrected chi connectivity index (χ4v) is 2.12. The van der Waals surface area contributed by atoms with Crippen LogP contribution in [0.4, 0.5) is 5.82 Å². The summed E-state index contributed by atoms with van der Waals surface area (Å²) in [5.41, 5.74) is 0. The lowest BCUT2D eigenvalue weighted by molar-refractivity contribution is -0.142. The van der Waals surface area contributed by atoms with Crippen molar-refractivity contribution in [3.8, 4) is 0 Å². The first-order valence-corrected chi connectivity index (χ1v) is 5.38. The van der Waals surface area contributed by atoms with Gasteiger partial charge in [0.05, 0.1) is 5.92 Å². The number of aromatic nitrogens is 1. The van der Waals surface area contributed by atoms with E-state index in [0.29, 0.717) is 6.04 Å². The summed E-state index contributed by atoms with van der Waals surface area (Å²) in [4.78, 5) is 13.8. The maximum atomic E-state index is 10.8. The van der Waals surface area contributed by atoms with E-state index in [1.54, 1.807) is 0 Å². The lowest BCUT2D eigenvalue weighted by atomic mass is 9.86. The van der Waals surface area contributed by atoms with E-state index in [9.17, 15) is 4.79 Å². The van der Waals surface area contributed by atoms with Gasteiger partial charge in [-0.2, -0.15) is 0 Å². The highest BCUT2D eigenvalue weighted by Crippen LogP contribution is 2.26. The Morgan fingerprint density at radius 2 is 2.13 bits per heavy atom. The van der Waals surface area contributed by atoms with E-state index in [4.69, 9.17) is 5.11 Å². The van der Waals surface area contributed by atoms with Crippen LogP contribution in [0.25, 0.3) is 0 Å². The van der Waals surface area contributed by atoms with Gasteiger partial charge in [-0.3, -0.25) is 4.79 Å². The number of hydrogen-bond donors (Lipinski definition) is 3. The highest BCUT2D eigenvalue weighted by molar-refractivity contribution is 5.70. The monoisotopic (exact) mass is 208 g/mol. The molecule has 0 amide bonds. The first kappa shape index (κ1) is 10.1. The van der Waals surface area contributed by atoms with Crippen molar-refractivity contribution in [3.63, 3.8) is 0 Å². The first-order chi connectivity index (χ1) is 7.25. The minimum Gasteiger partial charge on any atom is -0.481 e. The molecule has 1 aliphatic carbocycles. The highest BCUT2D eigenvalue weighted by atomic mass is 16.4. The lowest BCUT2D eigenvalue weighted by Gasteiger charge is -2.27. The van der Waals surface area contributed by atoms with Crippen LogP contribution in [0.15, 0.2) is 18.3 Å². The molecule has 4 heteroatoms. The van der Waals surface area contributed by atoms with Crippen LogP contribution in [0, 0.1) is 5.92 Å². The number of rotatable bonds is 3. The Bertz CT molecular complexity index is 313. The molecule has 82 valence electrons. The van der Waals surface area contributed by atoms with Crippen molar-refractivity contribution in [2.75, 3.05) is 5.32 Å². The van der Waals surface area contributed by atoms with Gasteiger partial charge >= 0.3 is 5.97 Å². The molecule has 0 bridgehead atoms. The molecule has 2 rings (SSSR count). The van der Waals surface area contributed by atoms with Crippen molar-refractivity contribution in [2.24, 2.45) is 5.92 Å². The molecule has 0 radical (unpaired) electrons. The molecule has 1 aromatic heterocycles. The summed E-state index contributed by atoms with van der Waals surface area (Å²) in [6.45, 7) is 0. The van der Waals surface area contributed by atoms with Gasteiger partial charge in [0, 0.05) is 12.2 Å². The second-order valence-corrected chi connectivity index (χ2v) is 4.11. The summed E-state index contributed by atoms with van der Waals surface area (Å²) >= 11 is 0. The quantitative estimate of drug-likeness (QED) is 0.712. The standard InChI is InChI=1S/C11H16N2O2/c14-11(15)8-3-5-9(6-4-8)13-10-2-1-7-12-10/h1-2,7-9,12-13H,3-6H2,(H,14,15). The summed E-state index contributed by atoms with van der Waals surface area (Å²) in [5, 5.41) is 12.2. The third kappa shape index (κ3) is 2.52. The van der Waals surface area contributed by atoms with E-state index in [2.05, 4.69) is 10.3 Å². The van der Waals surface area contributed by atoms with Crippen LogP contribution >= 0.6 is 0 Å². The molecule has 1 aromatic rings. The minimum absolute atomic E-state index is 0.133. The Balaban J connectivity index is 1.81. The summed E-state index contributed by atoms with van der Waals surface area (Å²) < 4.78 is 0. The Labute approximate surface area is 88.7 Å². The zero-order valence-corrected chi connectivity index (χ0v) is 8.57. The van der Waals surface area contributed by atoms with Gasteiger partial charge in [0.15, 0.2) is 0 Å². The summed E-state index contributed by atoms with van der Waals surface area (Å²) in [5.74, 6) is 0.244. The Hall–Kier alpha value is -1.45. The second-order valence-electron chi connectivity index (χ2n) is 4.11. The normalized spacial score (nSPS) is 26.1. The molecule has 3 N–H and O–H groups in total. The van der Waals surface area contributed by atoms with Crippen LogP contribution in [-0.4, -0.2) is 22.1 Å². The second kappa shape index (κ2) is 4.38. The molecule has 1 heterocycles. The number of aliphatic carboxylic acids is 1. The van der Waals surface area contributed by atoms with Crippen LogP contribution in [0.5, 0.6) is 0 Å². The number of aromatic amines is 1. The van der Waals surface area contributed by atoms with Gasteiger partial charge < -0.3 is 15.4 Å². The van der Waals surface area contributed by atoms with E-state index >= 15 is 0 Å². The highest BCUT2D eigenvalue weighted by Gasteiger charge is 2.25. The van der Waals surface area contributed by atoms with Crippen LogP contribution in [0.3, 0.4) is 0 Å². The van der Waals surface area contributed by atoms with E-state index in [0.717, 1.165) is 31.5 Å². The molecule has 0 aromatic carbocycles. The van der Waals surface area contributed by atoms with E-state index < -0.39 is 5.97 Å². The fourth-order valence-electron chi connectivity index (χ4n) is 2.12. The van der Waals surface area contributed by atoms with Crippen molar-refractivity contribution < 1.29 is 9.90 Å². The number of carboxylic acids is 1. The van der Waals surface area contributed by atoms with Crippen LogP contribution in [0.2, 0.25) is 0 Å². The van der Waals surface area contributed by atoms with E-state index in [1.165, 1.54) is 0 Å². The van der Waals surface area contributed by atoms with Crippen LogP contribution in [-0.2, 0) is 4.79 Å². The van der Waals surface area contributed by atoms with Gasteiger partial charge in [0.25, 0.3) is 0 Å². The number of carboxylic acid groups (broad SMARTS) is 1. The number of hydrogen-bond acceptors (Lipinski definition) is 2. The van der Waals surface area contributed by atoms with Gasteiger partial charge in [-0.15, -0.1) is 0 Å². The largest absolute Gasteiger partial charge is 0.481 e. The Kier molecular flexibility index (Phi) is 2.94. The average Bonchev–Trinajstić information content (AvgIpc) is 2.71. The van der Waals surface area contributed by atoms with E-state index in [1.807, 2.05) is 18.3 Å². The number of H-pyrrole nitrogens is 1. The zero-order valence-electron chi connectivity index (χ0n) is 8.57. The van der Waals surface area contributed by atoms with Crippen molar-refractivity contribution in [2.45, 2.75) is 31.7 Å². The van der Waals surface area contributed by atoms with Crippen molar-refractivity contribution in [1.82, 2.24) is 4.98 Å². The molecule has 1 aliphatic rings. The summed E-state index contributed by atoms with van der Waals surface area (Å²) in [6, 6.07) is 4.35. The Morgan fingerprint density at radius 1 is 1.40 bits per heavy atom. The third-order valence-electron chi connectivity index (χ3n) is 3.03. The molecule has 0 saturated heterocycles. The number of anilines is 1. The van der Waals surface area contributed by atoms with Gasteiger partial charge in [-0.25, -0.2) is 0 Å². The molecule has 1 saturated carbocycles. The molecule has 0 atom stereocenters. The van der Waals surface area contributed by atoms with Crippen molar-refractivity contribution >= 4 is 11.8 Å². The fraction of sp³-hybridized carbons (Fsp3) is 0.545. The van der Waals surface area contributed by atoms with Gasteiger partial charge in [0.2, 0.25) is 0 Å². The number of nitrogens with one attached hydrogen (secondary N) is 2. The van der Waals surface area contributed by atoms with Gasteiger partial charge in [-0.1, -0.05) is 0 Å². The van der Waals surface area contributed by atoms with Gasteiger partial charge in [-0.05, 0) is 37.8 Å². The molecule has 15 heavy (non-hydrogen) atoms. The SMILES string of the molecule is O=C(O)C1CCC(Nc2ccc[nH]2)CC1. The molecule has 4 nitrogen and oxygen atoms in total. The Morgan fingerprint density at radius 3 is 2.67 bits per heavy atom. The predicted molar refractivity (Wildman–Crippen MR) is 57.8 cm³/mol. The number of carbonyl (C=O) groups is 1. The average molecular weight is 208 g/mol. The summed E-state index contributed by atoms with van der Waals surface area (Å²) in [7, 11) is 0. The van der Waals surface area contributed by atoms with E-state index in [-0.39, 0.29) is 5.92 Å². The molecule has 0 aliphatic heterocycles. The summed E-state index contributed by atoms with van der Waals surface area (Å²) in [6.07, 6.45) is 5.33. The van der Waals surface area contributed by atoms with Crippen molar-refractivity contribution in [1.29, 1.82) is 0 Å². The first-order valence-electron chi connectivity index (χ1n) is 5.38. The smallest absolute Gasteiger partial charge is 0.306 e. The van der Waals surface area contributed by atoms with Crippen LogP contribution < -0.4 is 5.32 Å².